The molecule has 9 nitrogen and oxygen atoms in total. The summed E-state index contributed by atoms with van der Waals surface area (Å²) in [6.45, 7) is 1.31. The second kappa shape index (κ2) is 9.60. The topological polar surface area (TPSA) is 123 Å². The maximum absolute atomic E-state index is 12.1. The summed E-state index contributed by atoms with van der Waals surface area (Å²) in [4.78, 5) is 34.5. The molecular formula is C18H17BrN4O5. The molecule has 2 rings (SSSR count). The Bertz CT molecular complexity index is 945. The average molecular weight is 449 g/mol. The van der Waals surface area contributed by atoms with Crippen molar-refractivity contribution in [1.82, 2.24) is 10.7 Å². The lowest BCUT2D eigenvalue weighted by Gasteiger charge is -2.07. The van der Waals surface area contributed by atoms with Crippen molar-refractivity contribution in [2.75, 3.05) is 13.7 Å². The molecule has 0 aromatic heterocycles. The maximum atomic E-state index is 12.1. The van der Waals surface area contributed by atoms with Gasteiger partial charge in [-0.25, -0.2) is 5.43 Å². The van der Waals surface area contributed by atoms with Crippen LogP contribution in [0.5, 0.6) is 5.75 Å². The van der Waals surface area contributed by atoms with Gasteiger partial charge in [-0.2, -0.15) is 5.10 Å². The molecule has 2 amide bonds. The number of carbonyl (C=O) groups is 2. The van der Waals surface area contributed by atoms with E-state index in [1.165, 1.54) is 19.2 Å². The molecule has 0 fully saturated rings. The molecule has 0 aliphatic rings. The zero-order chi connectivity index (χ0) is 20.7. The van der Waals surface area contributed by atoms with Gasteiger partial charge in [-0.15, -0.1) is 0 Å². The van der Waals surface area contributed by atoms with Crippen molar-refractivity contribution in [2.24, 2.45) is 5.10 Å². The summed E-state index contributed by atoms with van der Waals surface area (Å²) in [6, 6.07) is 11.2. The number of hydrazone groups is 1. The molecule has 0 spiro atoms. The first kappa shape index (κ1) is 21.0. The Kier molecular flexibility index (Phi) is 7.21. The van der Waals surface area contributed by atoms with E-state index in [1.807, 2.05) is 0 Å². The van der Waals surface area contributed by atoms with Gasteiger partial charge in [0.25, 0.3) is 11.8 Å². The zero-order valence-electron chi connectivity index (χ0n) is 15.1. The summed E-state index contributed by atoms with van der Waals surface area (Å²) in [5.41, 5.74) is 3.30. The van der Waals surface area contributed by atoms with Crippen LogP contribution in [0.3, 0.4) is 0 Å². The Morgan fingerprint density at radius 2 is 1.96 bits per heavy atom. The fourth-order valence-corrected chi connectivity index (χ4v) is 2.67. The number of benzene rings is 2. The molecule has 10 heteroatoms. The Morgan fingerprint density at radius 1 is 1.25 bits per heavy atom. The number of nitrogens with zero attached hydrogens (tertiary/aromatic N) is 2. The van der Waals surface area contributed by atoms with Gasteiger partial charge in [0.2, 0.25) is 0 Å². The average Bonchev–Trinajstić information content (AvgIpc) is 2.69. The summed E-state index contributed by atoms with van der Waals surface area (Å²) >= 11 is 3.27. The van der Waals surface area contributed by atoms with Crippen LogP contribution in [0.25, 0.3) is 0 Å². The van der Waals surface area contributed by atoms with E-state index >= 15 is 0 Å². The summed E-state index contributed by atoms with van der Waals surface area (Å²) in [7, 11) is 1.34. The highest BCUT2D eigenvalue weighted by Crippen LogP contribution is 2.27. The van der Waals surface area contributed by atoms with Gasteiger partial charge in [0.05, 0.1) is 29.9 Å². The third-order valence-electron chi connectivity index (χ3n) is 3.67. The molecule has 0 bridgehead atoms. The first-order valence-corrected chi connectivity index (χ1v) is 8.81. The summed E-state index contributed by atoms with van der Waals surface area (Å²) < 4.78 is 5.56. The summed E-state index contributed by atoms with van der Waals surface area (Å²) in [6.07, 6.45) is 0. The molecule has 0 unspecified atom stereocenters. The quantitative estimate of drug-likeness (QED) is 0.382. The number of nitro groups is 1. The van der Waals surface area contributed by atoms with E-state index in [4.69, 9.17) is 4.74 Å². The van der Waals surface area contributed by atoms with E-state index in [9.17, 15) is 19.7 Å². The van der Waals surface area contributed by atoms with Gasteiger partial charge in [0.15, 0.2) is 5.75 Å². The van der Waals surface area contributed by atoms with Crippen LogP contribution in [0, 0.1) is 10.1 Å². The van der Waals surface area contributed by atoms with Gasteiger partial charge in [-0.05, 0) is 47.1 Å². The van der Waals surface area contributed by atoms with Crippen LogP contribution in [0.4, 0.5) is 5.69 Å². The van der Waals surface area contributed by atoms with Crippen LogP contribution in [0.2, 0.25) is 0 Å². The Labute approximate surface area is 169 Å². The molecule has 0 aliphatic carbocycles. The Balaban J connectivity index is 1.98. The normalized spacial score (nSPS) is 10.9. The van der Waals surface area contributed by atoms with E-state index in [-0.39, 0.29) is 18.0 Å². The fraction of sp³-hybridized carbons (Fsp3) is 0.167. The largest absolute Gasteiger partial charge is 0.490 e. The van der Waals surface area contributed by atoms with Gasteiger partial charge in [0, 0.05) is 16.1 Å². The van der Waals surface area contributed by atoms with Crippen LogP contribution in [-0.2, 0) is 4.79 Å². The minimum Gasteiger partial charge on any atom is -0.490 e. The number of methoxy groups -OCH3 is 1. The van der Waals surface area contributed by atoms with Crippen molar-refractivity contribution in [3.8, 4) is 5.75 Å². The highest BCUT2D eigenvalue weighted by molar-refractivity contribution is 9.10. The number of halogens is 1. The van der Waals surface area contributed by atoms with Gasteiger partial charge in [0.1, 0.15) is 0 Å². The minimum absolute atomic E-state index is 0.125. The third-order valence-corrected chi connectivity index (χ3v) is 4.36. The van der Waals surface area contributed by atoms with Gasteiger partial charge in [-0.1, -0.05) is 12.1 Å². The molecule has 146 valence electrons. The number of hydrogen-bond acceptors (Lipinski definition) is 6. The van der Waals surface area contributed by atoms with Crippen molar-refractivity contribution in [2.45, 2.75) is 6.92 Å². The standard InChI is InChI=1S/C18H17BrN4O5/c1-11(12-7-8-16(28-2)15(9-12)23(26)27)21-22-17(24)10-20-18(25)13-5-3-4-6-14(13)19/h3-9H,10H2,1-2H3,(H,20,25)(H,22,24). The molecular weight excluding hydrogens is 432 g/mol. The second-order valence-electron chi connectivity index (χ2n) is 5.54. The highest BCUT2D eigenvalue weighted by Gasteiger charge is 2.16. The van der Waals surface area contributed by atoms with E-state index in [1.54, 1.807) is 37.3 Å². The number of rotatable bonds is 7. The lowest BCUT2D eigenvalue weighted by Crippen LogP contribution is -2.35. The Morgan fingerprint density at radius 3 is 2.61 bits per heavy atom. The molecule has 0 aliphatic heterocycles. The Hall–Kier alpha value is -3.27. The summed E-state index contributed by atoms with van der Waals surface area (Å²) in [5, 5.41) is 17.5. The van der Waals surface area contributed by atoms with Crippen LogP contribution < -0.4 is 15.5 Å². The minimum atomic E-state index is -0.564. The predicted molar refractivity (Wildman–Crippen MR) is 106 cm³/mol. The maximum Gasteiger partial charge on any atom is 0.311 e. The molecule has 2 N–H and O–H groups in total. The monoisotopic (exact) mass is 448 g/mol. The van der Waals surface area contributed by atoms with Crippen LogP contribution in [0.1, 0.15) is 22.8 Å². The van der Waals surface area contributed by atoms with Gasteiger partial charge < -0.3 is 10.1 Å². The van der Waals surface area contributed by atoms with Crippen molar-refractivity contribution >= 4 is 39.1 Å². The first-order chi connectivity index (χ1) is 13.3. The molecule has 2 aromatic rings. The number of carbonyl (C=O) groups excluding carboxylic acids is 2. The predicted octanol–water partition coefficient (Wildman–Crippen LogP) is 2.64. The van der Waals surface area contributed by atoms with E-state index in [0.29, 0.717) is 21.3 Å². The third kappa shape index (κ3) is 5.36. The molecule has 28 heavy (non-hydrogen) atoms. The first-order valence-electron chi connectivity index (χ1n) is 8.02. The molecule has 0 radical (unpaired) electrons. The summed E-state index contributed by atoms with van der Waals surface area (Å²) in [5.74, 6) is -0.822. The van der Waals surface area contributed by atoms with Crippen molar-refractivity contribution in [1.29, 1.82) is 0 Å². The van der Waals surface area contributed by atoms with E-state index in [0.717, 1.165) is 0 Å². The van der Waals surface area contributed by atoms with E-state index < -0.39 is 16.7 Å². The van der Waals surface area contributed by atoms with Crippen LogP contribution >= 0.6 is 15.9 Å². The molecule has 2 aromatic carbocycles. The van der Waals surface area contributed by atoms with Crippen molar-refractivity contribution in [3.63, 3.8) is 0 Å². The lowest BCUT2D eigenvalue weighted by atomic mass is 10.1. The van der Waals surface area contributed by atoms with Gasteiger partial charge in [-0.3, -0.25) is 19.7 Å². The van der Waals surface area contributed by atoms with E-state index in [2.05, 4.69) is 31.8 Å². The molecule has 0 saturated carbocycles. The lowest BCUT2D eigenvalue weighted by molar-refractivity contribution is -0.385. The smallest absolute Gasteiger partial charge is 0.311 e. The molecule has 0 atom stereocenters. The molecule has 0 saturated heterocycles. The number of nitrogens with one attached hydrogen (secondary N) is 2. The SMILES string of the molecule is COc1ccc(C(C)=NNC(=O)CNC(=O)c2ccccc2Br)cc1[N+](=O)[O-]. The van der Waals surface area contributed by atoms with Gasteiger partial charge >= 0.3 is 5.69 Å². The van der Waals surface area contributed by atoms with Crippen molar-refractivity contribution in [3.05, 3.63) is 68.2 Å². The van der Waals surface area contributed by atoms with Crippen LogP contribution in [-0.4, -0.2) is 36.1 Å². The number of ether oxygens (including phenoxy) is 1. The second-order valence-corrected chi connectivity index (χ2v) is 6.39. The number of amides is 2. The fourth-order valence-electron chi connectivity index (χ4n) is 2.21. The highest BCUT2D eigenvalue weighted by atomic mass is 79.9. The zero-order valence-corrected chi connectivity index (χ0v) is 16.6. The number of hydrogen-bond donors (Lipinski definition) is 2. The van der Waals surface area contributed by atoms with Crippen molar-refractivity contribution < 1.29 is 19.2 Å². The van der Waals surface area contributed by atoms with Crippen LogP contribution in [0.15, 0.2) is 52.0 Å². The molecule has 0 heterocycles. The number of nitro benzene ring substituents is 1.